The number of methoxy groups -OCH3 is 1. The van der Waals surface area contributed by atoms with Crippen molar-refractivity contribution in [3.05, 3.63) is 96.0 Å². The van der Waals surface area contributed by atoms with Gasteiger partial charge in [-0.2, -0.15) is 0 Å². The van der Waals surface area contributed by atoms with Crippen LogP contribution in [0.3, 0.4) is 0 Å². The third-order valence-corrected chi connectivity index (χ3v) is 6.08. The van der Waals surface area contributed by atoms with E-state index in [2.05, 4.69) is 51.7 Å². The Morgan fingerprint density at radius 2 is 1.77 bits per heavy atom. The van der Waals surface area contributed by atoms with Crippen molar-refractivity contribution in [3.63, 3.8) is 0 Å². The molecule has 3 heterocycles. The Bertz CT molecular complexity index is 1270. The number of ether oxygens (including phenoxy) is 1. The van der Waals surface area contributed by atoms with Crippen LogP contribution in [0.25, 0.3) is 21.3 Å². The second-order valence-electron chi connectivity index (χ2n) is 7.18. The van der Waals surface area contributed by atoms with Crippen molar-refractivity contribution in [1.29, 1.82) is 0 Å². The van der Waals surface area contributed by atoms with Crippen molar-refractivity contribution < 1.29 is 9.15 Å². The van der Waals surface area contributed by atoms with Crippen molar-refractivity contribution in [3.8, 4) is 16.9 Å². The number of benzene rings is 2. The number of anilines is 1. The number of fused-ring (bicyclic) bond motifs is 1. The highest BCUT2D eigenvalue weighted by Gasteiger charge is 2.19. The van der Waals surface area contributed by atoms with Gasteiger partial charge in [-0.1, -0.05) is 42.5 Å². The number of hydrogen-bond donors (Lipinski definition) is 0. The molecule has 6 heteroatoms. The summed E-state index contributed by atoms with van der Waals surface area (Å²) in [5.74, 6) is 2.63. The third kappa shape index (κ3) is 4.02. The van der Waals surface area contributed by atoms with Crippen molar-refractivity contribution >= 4 is 27.4 Å². The molecule has 5 nitrogen and oxygen atoms in total. The fourth-order valence-electron chi connectivity index (χ4n) is 3.68. The molecule has 3 aromatic heterocycles. The van der Waals surface area contributed by atoms with Gasteiger partial charge in [-0.15, -0.1) is 11.3 Å². The van der Waals surface area contributed by atoms with Gasteiger partial charge in [0.2, 0.25) is 0 Å². The molecule has 0 spiro atoms. The van der Waals surface area contributed by atoms with E-state index in [1.807, 2.05) is 30.3 Å². The maximum atomic E-state index is 5.67. The first-order valence-corrected chi connectivity index (χ1v) is 10.9. The summed E-state index contributed by atoms with van der Waals surface area (Å²) in [6.45, 7) is 1.29. The highest BCUT2D eigenvalue weighted by molar-refractivity contribution is 7.17. The Labute approximate surface area is 184 Å². The normalized spacial score (nSPS) is 11.0. The Morgan fingerprint density at radius 1 is 0.935 bits per heavy atom. The lowest BCUT2D eigenvalue weighted by Crippen LogP contribution is -2.23. The Morgan fingerprint density at radius 3 is 2.52 bits per heavy atom. The Balaban J connectivity index is 1.60. The highest BCUT2D eigenvalue weighted by atomic mass is 32.1. The lowest BCUT2D eigenvalue weighted by atomic mass is 10.1. The molecule has 154 valence electrons. The predicted octanol–water partition coefficient (Wildman–Crippen LogP) is 6.17. The Kier molecular flexibility index (Phi) is 5.37. The molecule has 5 aromatic rings. The van der Waals surface area contributed by atoms with E-state index in [-0.39, 0.29) is 0 Å². The molecule has 0 unspecified atom stereocenters. The molecule has 31 heavy (non-hydrogen) atoms. The van der Waals surface area contributed by atoms with Gasteiger partial charge in [0.25, 0.3) is 0 Å². The summed E-state index contributed by atoms with van der Waals surface area (Å²) < 4.78 is 11.0. The zero-order chi connectivity index (χ0) is 21.0. The van der Waals surface area contributed by atoms with E-state index in [0.717, 1.165) is 44.2 Å². The summed E-state index contributed by atoms with van der Waals surface area (Å²) in [7, 11) is 1.68. The van der Waals surface area contributed by atoms with Gasteiger partial charge in [-0.3, -0.25) is 0 Å². The van der Waals surface area contributed by atoms with Crippen molar-refractivity contribution in [2.24, 2.45) is 0 Å². The van der Waals surface area contributed by atoms with E-state index in [1.54, 1.807) is 31.0 Å². The Hall–Kier alpha value is -3.64. The number of hydrogen-bond acceptors (Lipinski definition) is 6. The van der Waals surface area contributed by atoms with Gasteiger partial charge in [0.1, 0.15) is 28.5 Å². The van der Waals surface area contributed by atoms with Crippen LogP contribution >= 0.6 is 11.3 Å². The van der Waals surface area contributed by atoms with Gasteiger partial charge in [0.05, 0.1) is 25.3 Å². The molecule has 0 N–H and O–H groups in total. The number of furan rings is 1. The van der Waals surface area contributed by atoms with E-state index >= 15 is 0 Å². The largest absolute Gasteiger partial charge is 0.497 e. The number of thiophene rings is 1. The zero-order valence-electron chi connectivity index (χ0n) is 17.1. The second kappa shape index (κ2) is 8.62. The quantitative estimate of drug-likeness (QED) is 0.311. The van der Waals surface area contributed by atoms with Crippen molar-refractivity contribution in [2.75, 3.05) is 12.0 Å². The molecule has 0 saturated carbocycles. The second-order valence-corrected chi connectivity index (χ2v) is 8.03. The minimum absolute atomic E-state index is 0.606. The summed E-state index contributed by atoms with van der Waals surface area (Å²) in [6.07, 6.45) is 3.35. The van der Waals surface area contributed by atoms with E-state index in [1.165, 1.54) is 0 Å². The number of aromatic nitrogens is 2. The molecular formula is C25H21N3O2S. The molecule has 0 radical (unpaired) electrons. The molecule has 0 aliphatic rings. The predicted molar refractivity (Wildman–Crippen MR) is 124 cm³/mol. The fourth-order valence-corrected chi connectivity index (χ4v) is 4.59. The smallest absolute Gasteiger partial charge is 0.142 e. The maximum Gasteiger partial charge on any atom is 0.142 e. The fraction of sp³-hybridized carbons (Fsp3) is 0.120. The summed E-state index contributed by atoms with van der Waals surface area (Å²) in [5, 5.41) is 3.23. The van der Waals surface area contributed by atoms with Crippen LogP contribution in [0.2, 0.25) is 0 Å². The van der Waals surface area contributed by atoms with Crippen molar-refractivity contribution in [2.45, 2.75) is 13.1 Å². The minimum Gasteiger partial charge on any atom is -0.497 e. The van der Waals surface area contributed by atoms with Crippen LogP contribution in [0, 0.1) is 0 Å². The molecule has 0 amide bonds. The van der Waals surface area contributed by atoms with Crippen LogP contribution in [-0.4, -0.2) is 17.1 Å². The van der Waals surface area contributed by atoms with E-state index in [4.69, 9.17) is 14.1 Å². The molecule has 0 aliphatic heterocycles. The van der Waals surface area contributed by atoms with E-state index in [0.29, 0.717) is 13.1 Å². The molecule has 0 aliphatic carbocycles. The summed E-state index contributed by atoms with van der Waals surface area (Å²) in [4.78, 5) is 12.5. The average Bonchev–Trinajstić information content (AvgIpc) is 3.49. The number of rotatable bonds is 7. The topological polar surface area (TPSA) is 51.4 Å². The molecule has 0 bridgehead atoms. The monoisotopic (exact) mass is 427 g/mol. The van der Waals surface area contributed by atoms with Gasteiger partial charge in [0.15, 0.2) is 0 Å². The first-order valence-electron chi connectivity index (χ1n) is 9.99. The van der Waals surface area contributed by atoms with Crippen molar-refractivity contribution in [1.82, 2.24) is 9.97 Å². The SMILES string of the molecule is COc1ccc(CN(Cc2ccco2)c2ncnc3scc(-c4ccccc4)c23)cc1. The summed E-state index contributed by atoms with van der Waals surface area (Å²) in [5.41, 5.74) is 3.47. The van der Waals surface area contributed by atoms with Gasteiger partial charge in [-0.05, 0) is 35.4 Å². The van der Waals surface area contributed by atoms with Crippen LogP contribution in [0.1, 0.15) is 11.3 Å². The lowest BCUT2D eigenvalue weighted by molar-refractivity contribution is 0.414. The van der Waals surface area contributed by atoms with Gasteiger partial charge in [0, 0.05) is 17.5 Å². The maximum absolute atomic E-state index is 5.67. The van der Waals surface area contributed by atoms with Gasteiger partial charge >= 0.3 is 0 Å². The third-order valence-electron chi connectivity index (χ3n) is 5.19. The van der Waals surface area contributed by atoms with E-state index < -0.39 is 0 Å². The molecule has 0 fully saturated rings. The van der Waals surface area contributed by atoms with Crippen LogP contribution in [0.4, 0.5) is 5.82 Å². The van der Waals surface area contributed by atoms with E-state index in [9.17, 15) is 0 Å². The molecular weight excluding hydrogens is 406 g/mol. The summed E-state index contributed by atoms with van der Waals surface area (Å²) in [6, 6.07) is 22.4. The first-order chi connectivity index (χ1) is 15.3. The molecule has 0 atom stereocenters. The standard InChI is InChI=1S/C25H21N3O2S/c1-29-20-11-9-18(10-12-20)14-28(15-21-8-5-13-30-21)24-23-22(19-6-3-2-4-7-19)16-31-25(23)27-17-26-24/h2-13,16-17H,14-15H2,1H3. The van der Waals surface area contributed by atoms with Crippen LogP contribution in [-0.2, 0) is 13.1 Å². The molecule has 2 aromatic carbocycles. The molecule has 5 rings (SSSR count). The van der Waals surface area contributed by atoms with Crippen LogP contribution in [0.15, 0.2) is 89.1 Å². The minimum atomic E-state index is 0.606. The van der Waals surface area contributed by atoms with Crippen LogP contribution in [0.5, 0.6) is 5.75 Å². The van der Waals surface area contributed by atoms with Gasteiger partial charge < -0.3 is 14.1 Å². The summed E-state index contributed by atoms with van der Waals surface area (Å²) >= 11 is 1.64. The zero-order valence-corrected chi connectivity index (χ0v) is 17.9. The lowest BCUT2D eigenvalue weighted by Gasteiger charge is -2.24. The van der Waals surface area contributed by atoms with Crippen LogP contribution < -0.4 is 9.64 Å². The van der Waals surface area contributed by atoms with Gasteiger partial charge in [-0.25, -0.2) is 9.97 Å². The highest BCUT2D eigenvalue weighted by Crippen LogP contribution is 2.38. The molecule has 0 saturated heterocycles. The first kappa shape index (κ1) is 19.3. The number of nitrogens with zero attached hydrogens (tertiary/aromatic N) is 3. The average molecular weight is 428 g/mol.